The van der Waals surface area contributed by atoms with Gasteiger partial charge < -0.3 is 0 Å². The van der Waals surface area contributed by atoms with Crippen LogP contribution in [0.25, 0.3) is 89.4 Å². The van der Waals surface area contributed by atoms with E-state index in [1.807, 2.05) is 197 Å². The first-order valence-corrected chi connectivity index (χ1v) is 50.4. The zero-order valence-corrected chi connectivity index (χ0v) is 88.3. The van der Waals surface area contributed by atoms with E-state index in [2.05, 4.69) is 308 Å². The first kappa shape index (κ1) is 107. The molecule has 0 bridgehead atoms. The summed E-state index contributed by atoms with van der Waals surface area (Å²) in [7, 11) is 0. The van der Waals surface area contributed by atoms with Crippen molar-refractivity contribution in [2.45, 2.75) is 273 Å². The number of hydrogen-bond donors (Lipinski definition) is 0. The van der Waals surface area contributed by atoms with E-state index in [0.717, 1.165) is 57.1 Å². The number of pyridine rings is 8. The molecule has 0 saturated carbocycles. The third-order valence-electron chi connectivity index (χ3n) is 27.1. The molecule has 0 unspecified atom stereocenters. The van der Waals surface area contributed by atoms with Crippen LogP contribution in [0.2, 0.25) is 0 Å². The summed E-state index contributed by atoms with van der Waals surface area (Å²) in [6.45, 7) is 66.9. The molecule has 0 amide bonds. The van der Waals surface area contributed by atoms with Gasteiger partial charge in [-0.25, -0.2) is 0 Å². The molecule has 0 atom stereocenters. The fourth-order valence-electron chi connectivity index (χ4n) is 18.8. The molecule has 0 aliphatic heterocycles. The van der Waals surface area contributed by atoms with Gasteiger partial charge in [-0.05, 0) is 367 Å². The predicted octanol–water partition coefficient (Wildman–Crippen LogP) is 34.4. The SMILES string of the molecule is CC.CC.CC.CC.CC.CC.CC.CC.Cc1ccc2c(c1C)-c1cnccc1C2.Cc1ccc2c(c1C)-c1ncccc1C2.Cc1ccc2c(c1C)Cc1cccnc1-2.Cc1ccc2c(c1C)Cc1ccncc1-2.Cc1ccc2c(c1C)Cc1cnccc1-2.Cc1ccc2c(c1C)Cc1ncccc1-2.Cc1cnc2c(c1C)Cc1ccccc1-2.Cc1ncc2c(c1C)Cc1ccccc1-2. The average Bonchev–Trinajstić information content (AvgIpc) is 1.62. The molecule has 8 heteroatoms. The Labute approximate surface area is 819 Å². The summed E-state index contributed by atoms with van der Waals surface area (Å²) in [6, 6.07) is 62.8. The van der Waals surface area contributed by atoms with Crippen LogP contribution in [0.4, 0.5) is 0 Å². The van der Waals surface area contributed by atoms with Crippen LogP contribution in [-0.4, -0.2) is 39.9 Å². The second-order valence-corrected chi connectivity index (χ2v) is 33.8. The number of benzene rings is 8. The summed E-state index contributed by atoms with van der Waals surface area (Å²) >= 11 is 0. The highest BCUT2D eigenvalue weighted by molar-refractivity contribution is 5.84. The van der Waals surface area contributed by atoms with E-state index >= 15 is 0 Å². The molecule has 8 aromatic heterocycles. The number of aromatic nitrogens is 8. The Morgan fingerprint density at radius 1 is 0.169 bits per heavy atom. The monoisotopic (exact) mass is 1800 g/mol. The average molecular weight is 1800 g/mol. The molecule has 8 aliphatic carbocycles. The molecule has 8 aliphatic rings. The topological polar surface area (TPSA) is 103 Å². The van der Waals surface area contributed by atoms with Crippen LogP contribution in [0.15, 0.2) is 244 Å². The van der Waals surface area contributed by atoms with Gasteiger partial charge in [0.2, 0.25) is 0 Å². The Bertz CT molecular complexity index is 5870. The molecule has 136 heavy (non-hydrogen) atoms. The number of aryl methyl sites for hydroxylation is 8. The normalized spacial score (nSPS) is 11.3. The minimum absolute atomic E-state index is 0.999. The van der Waals surface area contributed by atoms with E-state index in [4.69, 9.17) is 0 Å². The van der Waals surface area contributed by atoms with Gasteiger partial charge >= 0.3 is 0 Å². The Hall–Kier alpha value is -13.0. The van der Waals surface area contributed by atoms with Gasteiger partial charge in [0.1, 0.15) is 0 Å². The maximum atomic E-state index is 4.56. The van der Waals surface area contributed by atoms with E-state index in [1.165, 1.54) is 262 Å². The van der Waals surface area contributed by atoms with E-state index in [1.54, 1.807) is 0 Å². The lowest BCUT2D eigenvalue weighted by molar-refractivity contribution is 1.10. The first-order valence-electron chi connectivity index (χ1n) is 50.4. The summed E-state index contributed by atoms with van der Waals surface area (Å²) in [6.07, 6.45) is 29.6. The fourth-order valence-corrected chi connectivity index (χ4v) is 18.8. The maximum Gasteiger partial charge on any atom is 0.0743 e. The second-order valence-electron chi connectivity index (χ2n) is 33.8. The zero-order valence-electron chi connectivity index (χ0n) is 88.3. The lowest BCUT2D eigenvalue weighted by Crippen LogP contribution is -1.93. The van der Waals surface area contributed by atoms with E-state index < -0.39 is 0 Å². The maximum absolute atomic E-state index is 4.56. The molecule has 0 radical (unpaired) electrons. The second kappa shape index (κ2) is 51.1. The molecular formula is C128H152N8. The van der Waals surface area contributed by atoms with Gasteiger partial charge in [0, 0.05) is 145 Å². The number of hydrogen-bond acceptors (Lipinski definition) is 8. The van der Waals surface area contributed by atoms with E-state index in [9.17, 15) is 0 Å². The van der Waals surface area contributed by atoms with Crippen molar-refractivity contribution in [2.75, 3.05) is 0 Å². The van der Waals surface area contributed by atoms with Crippen molar-refractivity contribution in [3.8, 4) is 89.4 Å². The fraction of sp³-hybridized carbons (Fsp3) is 0.312. The van der Waals surface area contributed by atoms with Crippen LogP contribution in [0.1, 0.15) is 289 Å². The summed E-state index contributed by atoms with van der Waals surface area (Å²) in [4.78, 5) is 35.1. The van der Waals surface area contributed by atoms with Crippen LogP contribution < -0.4 is 0 Å². The lowest BCUT2D eigenvalue weighted by Gasteiger charge is -2.07. The predicted molar refractivity (Wildman–Crippen MR) is 586 cm³/mol. The Morgan fingerprint density at radius 3 is 1.11 bits per heavy atom. The van der Waals surface area contributed by atoms with Crippen molar-refractivity contribution >= 4 is 0 Å². The van der Waals surface area contributed by atoms with Gasteiger partial charge in [-0.15, -0.1) is 0 Å². The van der Waals surface area contributed by atoms with Crippen molar-refractivity contribution in [3.05, 3.63) is 422 Å². The quantitative estimate of drug-likeness (QED) is 0.148. The van der Waals surface area contributed by atoms with Gasteiger partial charge in [0.15, 0.2) is 0 Å². The Morgan fingerprint density at radius 2 is 0.529 bits per heavy atom. The van der Waals surface area contributed by atoms with Gasteiger partial charge in [-0.1, -0.05) is 250 Å². The molecule has 8 heterocycles. The Balaban J connectivity index is 0.000000170. The highest BCUT2D eigenvalue weighted by Gasteiger charge is 2.29. The first-order chi connectivity index (χ1) is 66.2. The summed E-state index contributed by atoms with van der Waals surface area (Å²) in [5, 5.41) is 0. The van der Waals surface area contributed by atoms with Gasteiger partial charge in [-0.3, -0.25) is 39.9 Å². The van der Waals surface area contributed by atoms with E-state index in [-0.39, 0.29) is 0 Å². The number of fused-ring (bicyclic) bond motifs is 24. The van der Waals surface area contributed by atoms with Crippen LogP contribution in [0, 0.1) is 111 Å². The van der Waals surface area contributed by atoms with Gasteiger partial charge in [0.25, 0.3) is 0 Å². The van der Waals surface area contributed by atoms with Crippen LogP contribution >= 0.6 is 0 Å². The zero-order chi connectivity index (χ0) is 99.3. The summed E-state index contributed by atoms with van der Waals surface area (Å²) in [5.41, 5.74) is 65.7. The molecule has 0 saturated heterocycles. The molecule has 8 aromatic carbocycles. The minimum Gasteiger partial charge on any atom is -0.264 e. The van der Waals surface area contributed by atoms with E-state index in [0.29, 0.717) is 0 Å². The van der Waals surface area contributed by atoms with Crippen molar-refractivity contribution < 1.29 is 0 Å². The number of rotatable bonds is 0. The molecule has 0 N–H and O–H groups in total. The third kappa shape index (κ3) is 23.0. The van der Waals surface area contributed by atoms with Gasteiger partial charge in [0.05, 0.1) is 22.8 Å². The van der Waals surface area contributed by atoms with Crippen molar-refractivity contribution in [1.29, 1.82) is 0 Å². The summed E-state index contributed by atoms with van der Waals surface area (Å²) in [5.74, 6) is 0. The molecule has 8 nitrogen and oxygen atoms in total. The smallest absolute Gasteiger partial charge is 0.0743 e. The molecule has 16 aromatic rings. The molecule has 24 rings (SSSR count). The highest BCUT2D eigenvalue weighted by atomic mass is 14.7. The molecule has 704 valence electrons. The van der Waals surface area contributed by atoms with Crippen molar-refractivity contribution in [3.63, 3.8) is 0 Å². The molecular weight excluding hydrogens is 1650 g/mol. The van der Waals surface area contributed by atoms with Crippen molar-refractivity contribution in [2.24, 2.45) is 0 Å². The largest absolute Gasteiger partial charge is 0.264 e. The molecule has 0 fully saturated rings. The lowest BCUT2D eigenvalue weighted by atomic mass is 9.97. The van der Waals surface area contributed by atoms with Crippen molar-refractivity contribution in [1.82, 2.24) is 39.9 Å². The standard InChI is InChI=1S/8C14H13N.8C2H6/c1-9-3-4-13-12-5-6-15-8-11(12)7-14(13)10(9)2;1-9-3-4-12-13(10(9)2)7-11-5-6-15-8-14(11)12;1-9-3-4-12-7-11-5-6-15-8-13(11)14(12)10(9)2;1-9-5-6-11-12-4-3-7-15-14(12)8-13(11)10(9)2;1-9-5-6-11-8-12-4-3-7-15-14(12)13(11)10(9)2;1-9-5-6-12-13(10(9)2)8-11-4-3-7-15-14(11)12;1-9-10(2)15-8-14-12-6-4-3-5-11(12)7-13(9)14;1-9-8-15-14-12-6-4-3-5-11(12)7-13(14)10(9)2;8*1-2/h3*3-6,8H,7H2,1-2H3;3*3-7H,8H2,1-2H3;2*3-6,8H,7H2,1-2H3;8*1-2H3. The third-order valence-corrected chi connectivity index (χ3v) is 27.1. The van der Waals surface area contributed by atoms with Crippen LogP contribution in [0.5, 0.6) is 0 Å². The Kier molecular flexibility index (Phi) is 40.0. The minimum atomic E-state index is 0.999. The van der Waals surface area contributed by atoms with Gasteiger partial charge in [-0.2, -0.15) is 0 Å². The molecule has 0 spiro atoms. The highest BCUT2D eigenvalue weighted by Crippen LogP contribution is 2.46. The van der Waals surface area contributed by atoms with Crippen LogP contribution in [0.3, 0.4) is 0 Å². The summed E-state index contributed by atoms with van der Waals surface area (Å²) < 4.78 is 0. The van der Waals surface area contributed by atoms with Crippen LogP contribution in [-0.2, 0) is 51.4 Å². The number of nitrogens with zero attached hydrogens (tertiary/aromatic N) is 8.